The van der Waals surface area contributed by atoms with E-state index < -0.39 is 0 Å². The summed E-state index contributed by atoms with van der Waals surface area (Å²) in [6.07, 6.45) is 0. The van der Waals surface area contributed by atoms with Crippen molar-refractivity contribution in [3.63, 3.8) is 0 Å². The van der Waals surface area contributed by atoms with Gasteiger partial charge in [-0.25, -0.2) is 0 Å². The fourth-order valence-corrected chi connectivity index (χ4v) is 2.61. The van der Waals surface area contributed by atoms with Crippen LogP contribution in [-0.4, -0.2) is 5.52 Å². The van der Waals surface area contributed by atoms with Crippen molar-refractivity contribution in [2.24, 2.45) is 0 Å². The van der Waals surface area contributed by atoms with Gasteiger partial charge in [0.25, 0.3) is 0 Å². The van der Waals surface area contributed by atoms with Crippen LogP contribution in [0.25, 0.3) is 0 Å². The number of aryl methyl sites for hydroxylation is 1. The first-order valence-electron chi connectivity index (χ1n) is 7.54. The van der Waals surface area contributed by atoms with Crippen molar-refractivity contribution in [2.75, 3.05) is 0 Å². The zero-order valence-corrected chi connectivity index (χ0v) is 14.4. The van der Waals surface area contributed by atoms with E-state index in [0.29, 0.717) is 28.6 Å². The Morgan fingerprint density at radius 1 is 0.792 bits per heavy atom. The number of benzene rings is 3. The van der Waals surface area contributed by atoms with Crippen LogP contribution >= 0.6 is 9.24 Å². The summed E-state index contributed by atoms with van der Waals surface area (Å²) in [5.41, 5.74) is 1.09. The molecule has 3 rings (SSSR count). The molecule has 0 aliphatic heterocycles. The summed E-state index contributed by atoms with van der Waals surface area (Å²) in [5, 5.41) is 0. The third-order valence-corrected chi connectivity index (χ3v) is 3.79. The van der Waals surface area contributed by atoms with Crippen LogP contribution in [0.2, 0.25) is 0 Å². The molecule has 0 N–H and O–H groups in total. The van der Waals surface area contributed by atoms with E-state index in [2.05, 4.69) is 9.24 Å². The van der Waals surface area contributed by atoms with Gasteiger partial charge in [-0.3, -0.25) is 4.79 Å². The summed E-state index contributed by atoms with van der Waals surface area (Å²) in [7, 11) is 2.20. The van der Waals surface area contributed by atoms with Gasteiger partial charge in [0.1, 0.15) is 28.6 Å². The molecule has 0 bridgehead atoms. The SMILES string of the molecule is Cc1ccc(Oc2ccccc2)c(C(=O)P)c1Oc1ccccc1. The molecule has 0 saturated heterocycles. The lowest BCUT2D eigenvalue weighted by Crippen LogP contribution is -2.01. The van der Waals surface area contributed by atoms with Gasteiger partial charge >= 0.3 is 0 Å². The molecule has 0 spiro atoms. The third kappa shape index (κ3) is 3.64. The maximum atomic E-state index is 12.2. The predicted molar refractivity (Wildman–Crippen MR) is 98.3 cm³/mol. The maximum Gasteiger partial charge on any atom is 0.185 e. The first-order chi connectivity index (χ1) is 11.6. The van der Waals surface area contributed by atoms with Crippen LogP contribution in [0.3, 0.4) is 0 Å². The van der Waals surface area contributed by atoms with Crippen LogP contribution < -0.4 is 9.47 Å². The fraction of sp³-hybridized carbons (Fsp3) is 0.0500. The molecule has 0 aromatic heterocycles. The molecule has 0 aliphatic carbocycles. The van der Waals surface area contributed by atoms with Crippen LogP contribution in [-0.2, 0) is 0 Å². The van der Waals surface area contributed by atoms with Gasteiger partial charge in [0.15, 0.2) is 5.52 Å². The van der Waals surface area contributed by atoms with Crippen molar-refractivity contribution in [3.05, 3.63) is 83.9 Å². The molecule has 0 amide bonds. The van der Waals surface area contributed by atoms with Crippen LogP contribution in [0.4, 0.5) is 0 Å². The van der Waals surface area contributed by atoms with Gasteiger partial charge in [0.05, 0.1) is 0 Å². The second kappa shape index (κ2) is 7.29. The Balaban J connectivity index is 2.04. The molecule has 1 unspecified atom stereocenters. The van der Waals surface area contributed by atoms with E-state index in [1.54, 1.807) is 6.07 Å². The Kier molecular flexibility index (Phi) is 4.93. The van der Waals surface area contributed by atoms with Gasteiger partial charge in [-0.1, -0.05) is 51.7 Å². The number of rotatable bonds is 5. The van der Waals surface area contributed by atoms with Crippen molar-refractivity contribution in [2.45, 2.75) is 6.92 Å². The molecule has 24 heavy (non-hydrogen) atoms. The Labute approximate surface area is 143 Å². The number of para-hydroxylation sites is 2. The van der Waals surface area contributed by atoms with Crippen LogP contribution in [0, 0.1) is 6.92 Å². The highest BCUT2D eigenvalue weighted by Crippen LogP contribution is 2.38. The van der Waals surface area contributed by atoms with E-state index in [-0.39, 0.29) is 5.52 Å². The lowest BCUT2D eigenvalue weighted by Gasteiger charge is -2.16. The van der Waals surface area contributed by atoms with E-state index >= 15 is 0 Å². The van der Waals surface area contributed by atoms with Gasteiger partial charge < -0.3 is 9.47 Å². The summed E-state index contributed by atoms with van der Waals surface area (Å²) in [6, 6.07) is 22.4. The molecule has 4 heteroatoms. The summed E-state index contributed by atoms with van der Waals surface area (Å²) in [4.78, 5) is 12.2. The molecule has 0 heterocycles. The fourth-order valence-electron chi connectivity index (χ4n) is 2.34. The Morgan fingerprint density at radius 2 is 1.33 bits per heavy atom. The van der Waals surface area contributed by atoms with Crippen molar-refractivity contribution >= 4 is 14.8 Å². The number of carbonyl (C=O) groups is 1. The highest BCUT2D eigenvalue weighted by atomic mass is 31.0. The van der Waals surface area contributed by atoms with E-state index in [0.717, 1.165) is 5.56 Å². The lowest BCUT2D eigenvalue weighted by atomic mass is 10.1. The second-order valence-corrected chi connectivity index (χ2v) is 5.80. The molecule has 3 nitrogen and oxygen atoms in total. The zero-order chi connectivity index (χ0) is 16.9. The van der Waals surface area contributed by atoms with Crippen molar-refractivity contribution in [1.29, 1.82) is 0 Å². The third-order valence-electron chi connectivity index (χ3n) is 3.50. The van der Waals surface area contributed by atoms with E-state index in [1.807, 2.05) is 73.7 Å². The minimum atomic E-state index is -0.185. The van der Waals surface area contributed by atoms with Crippen molar-refractivity contribution < 1.29 is 14.3 Å². The molecular weight excluding hydrogens is 319 g/mol. The maximum absolute atomic E-state index is 12.2. The number of hydrogen-bond acceptors (Lipinski definition) is 3. The summed E-state index contributed by atoms with van der Waals surface area (Å²) >= 11 is 0. The first-order valence-corrected chi connectivity index (χ1v) is 8.12. The van der Waals surface area contributed by atoms with Gasteiger partial charge in [0, 0.05) is 0 Å². The van der Waals surface area contributed by atoms with Gasteiger partial charge in [-0.15, -0.1) is 0 Å². The molecule has 0 aliphatic rings. The summed E-state index contributed by atoms with van der Waals surface area (Å²) in [6.45, 7) is 1.90. The highest BCUT2D eigenvalue weighted by Gasteiger charge is 2.19. The van der Waals surface area contributed by atoms with Crippen LogP contribution in [0.1, 0.15) is 15.9 Å². The molecule has 0 saturated carbocycles. The minimum Gasteiger partial charge on any atom is -0.456 e. The smallest absolute Gasteiger partial charge is 0.185 e. The first kappa shape index (κ1) is 16.2. The van der Waals surface area contributed by atoms with Crippen LogP contribution in [0.15, 0.2) is 72.8 Å². The zero-order valence-electron chi connectivity index (χ0n) is 13.2. The standard InChI is InChI=1S/C20H17O3P/c1-14-12-13-17(22-15-8-4-2-5-9-15)18(20(21)24)19(14)23-16-10-6-3-7-11-16/h2-13H,24H2,1H3. The van der Waals surface area contributed by atoms with E-state index in [4.69, 9.17) is 9.47 Å². The topological polar surface area (TPSA) is 35.5 Å². The van der Waals surface area contributed by atoms with Gasteiger partial charge in [0.2, 0.25) is 0 Å². The van der Waals surface area contributed by atoms with Gasteiger partial charge in [-0.05, 0) is 42.8 Å². The normalized spacial score (nSPS) is 10.2. The molecule has 3 aromatic carbocycles. The van der Waals surface area contributed by atoms with Crippen molar-refractivity contribution in [1.82, 2.24) is 0 Å². The molecule has 3 aromatic rings. The average Bonchev–Trinajstić information content (AvgIpc) is 2.59. The summed E-state index contributed by atoms with van der Waals surface area (Å²) in [5.74, 6) is 2.32. The number of ether oxygens (including phenoxy) is 2. The minimum absolute atomic E-state index is 0.185. The Morgan fingerprint density at radius 3 is 1.88 bits per heavy atom. The molecule has 0 radical (unpaired) electrons. The second-order valence-electron chi connectivity index (χ2n) is 5.28. The van der Waals surface area contributed by atoms with Crippen molar-refractivity contribution in [3.8, 4) is 23.0 Å². The number of carbonyl (C=O) groups excluding carboxylic acids is 1. The summed E-state index contributed by atoms with van der Waals surface area (Å²) < 4.78 is 11.9. The Bertz CT molecular complexity index is 846. The van der Waals surface area contributed by atoms with E-state index in [1.165, 1.54) is 0 Å². The predicted octanol–water partition coefficient (Wildman–Crippen LogP) is 5.59. The van der Waals surface area contributed by atoms with E-state index in [9.17, 15) is 4.79 Å². The highest BCUT2D eigenvalue weighted by molar-refractivity contribution is 7.41. The monoisotopic (exact) mass is 336 g/mol. The Hall–Kier alpha value is -2.64. The quantitative estimate of drug-likeness (QED) is 0.569. The molecular formula is C20H17O3P. The number of hydrogen-bond donors (Lipinski definition) is 0. The average molecular weight is 336 g/mol. The largest absolute Gasteiger partial charge is 0.456 e. The molecule has 1 atom stereocenters. The van der Waals surface area contributed by atoms with Crippen LogP contribution in [0.5, 0.6) is 23.0 Å². The van der Waals surface area contributed by atoms with Gasteiger partial charge in [-0.2, -0.15) is 0 Å². The molecule has 120 valence electrons. The lowest BCUT2D eigenvalue weighted by molar-refractivity contribution is 0.108. The molecule has 0 fully saturated rings.